The van der Waals surface area contributed by atoms with E-state index in [1.54, 1.807) is 0 Å². The van der Waals surface area contributed by atoms with Gasteiger partial charge in [0.05, 0.1) is 0 Å². The summed E-state index contributed by atoms with van der Waals surface area (Å²) in [6, 6.07) is 0. The van der Waals surface area contributed by atoms with Gasteiger partial charge in [0.2, 0.25) is 6.08 Å². The van der Waals surface area contributed by atoms with Crippen molar-refractivity contribution in [3.63, 3.8) is 0 Å². The zero-order valence-corrected chi connectivity index (χ0v) is 5.13. The summed E-state index contributed by atoms with van der Waals surface area (Å²) >= 11 is 6.35. The zero-order chi connectivity index (χ0) is 5.54. The molecule has 0 atom stereocenters. The minimum atomic E-state index is 0.524. The van der Waals surface area contributed by atoms with Crippen molar-refractivity contribution in [1.82, 2.24) is 0 Å². The molecule has 2 nitrogen and oxygen atoms in total. The summed E-state index contributed by atoms with van der Waals surface area (Å²) in [5.41, 5.74) is 0. The molecule has 0 rings (SSSR count). The average Bonchev–Trinajstić information content (AvgIpc) is 1.69. The van der Waals surface area contributed by atoms with Crippen molar-refractivity contribution in [3.05, 3.63) is 0 Å². The molecule has 0 aliphatic rings. The monoisotopic (exact) mass is 137 g/mol. The lowest BCUT2D eigenvalue weighted by Gasteiger charge is -1.78. The first-order valence-electron chi connectivity index (χ1n) is 1.67. The second kappa shape index (κ2) is 6.02. The number of nitrogens with zero attached hydrogens (tertiary/aromatic N) is 1. The highest BCUT2D eigenvalue weighted by atomic mass is 35.5. The molecule has 0 bridgehead atoms. The molecule has 0 aliphatic heterocycles. The Balaban J connectivity index is 2.83. The van der Waals surface area contributed by atoms with Gasteiger partial charge in [0, 0.05) is 11.6 Å². The minimum Gasteiger partial charge on any atom is -0.210 e. The maximum absolute atomic E-state index is 9.32. The molecule has 0 spiro atoms. The van der Waals surface area contributed by atoms with E-state index in [2.05, 4.69) is 4.40 Å². The van der Waals surface area contributed by atoms with Crippen LogP contribution >= 0.6 is 23.5 Å². The summed E-state index contributed by atoms with van der Waals surface area (Å²) in [6.07, 6.45) is 1.38. The van der Waals surface area contributed by atoms with Gasteiger partial charge in [0.15, 0.2) is 0 Å². The molecule has 4 heteroatoms. The fraction of sp³-hybridized carbons (Fsp3) is 0.667. The largest absolute Gasteiger partial charge is 0.247 e. The van der Waals surface area contributed by atoms with Gasteiger partial charge in [0.25, 0.3) is 0 Å². The zero-order valence-electron chi connectivity index (χ0n) is 3.56. The summed E-state index contributed by atoms with van der Waals surface area (Å²) < 4.78 is 3.19. The molecule has 0 aromatic heterocycles. The average molecular weight is 138 g/mol. The molecular formula is C3H4ClNOS. The van der Waals surface area contributed by atoms with Crippen molar-refractivity contribution in [3.8, 4) is 0 Å². The van der Waals surface area contributed by atoms with Crippen molar-refractivity contribution in [1.29, 1.82) is 0 Å². The normalized spacial score (nSPS) is 7.57. The maximum Gasteiger partial charge on any atom is 0.247 e. The van der Waals surface area contributed by atoms with Crippen LogP contribution in [-0.4, -0.2) is 17.7 Å². The van der Waals surface area contributed by atoms with Crippen LogP contribution in [0.1, 0.15) is 0 Å². The Bertz CT molecular complexity index is 81.0. The number of carbonyl (C=O) groups excluding carboxylic acids is 1. The van der Waals surface area contributed by atoms with Crippen LogP contribution in [0.25, 0.3) is 0 Å². The lowest BCUT2D eigenvalue weighted by molar-refractivity contribution is 0.566. The van der Waals surface area contributed by atoms with Crippen LogP contribution in [0.2, 0.25) is 0 Å². The van der Waals surface area contributed by atoms with Gasteiger partial charge >= 0.3 is 0 Å². The van der Waals surface area contributed by atoms with Crippen molar-refractivity contribution in [2.45, 2.75) is 0 Å². The highest BCUT2D eigenvalue weighted by Crippen LogP contribution is 1.98. The van der Waals surface area contributed by atoms with Gasteiger partial charge in [-0.05, 0) is 11.9 Å². The van der Waals surface area contributed by atoms with Gasteiger partial charge in [-0.3, -0.25) is 0 Å². The standard InChI is InChI=1S/C3H4ClNOS/c4-1-2-7-5-3-6/h1-2H2. The topological polar surface area (TPSA) is 29.4 Å². The minimum absolute atomic E-state index is 0.524. The van der Waals surface area contributed by atoms with E-state index in [-0.39, 0.29) is 0 Å². The third-order valence-corrected chi connectivity index (χ3v) is 1.27. The number of hydrogen-bond acceptors (Lipinski definition) is 3. The van der Waals surface area contributed by atoms with E-state index in [4.69, 9.17) is 11.6 Å². The lowest BCUT2D eigenvalue weighted by atomic mass is 11.0. The van der Waals surface area contributed by atoms with Gasteiger partial charge in [-0.1, -0.05) is 0 Å². The molecule has 0 aromatic carbocycles. The molecule has 0 heterocycles. The van der Waals surface area contributed by atoms with E-state index in [0.717, 1.165) is 11.9 Å². The molecular weight excluding hydrogens is 134 g/mol. The number of alkyl halides is 1. The molecule has 0 aliphatic carbocycles. The molecule has 0 fully saturated rings. The summed E-state index contributed by atoms with van der Waals surface area (Å²) in [7, 11) is 0. The maximum atomic E-state index is 9.32. The third-order valence-electron chi connectivity index (χ3n) is 0.270. The summed E-state index contributed by atoms with van der Waals surface area (Å²) in [5.74, 6) is 1.20. The Morgan fingerprint density at radius 2 is 2.57 bits per heavy atom. The molecule has 0 saturated heterocycles. The third kappa shape index (κ3) is 6.02. The second-order valence-corrected chi connectivity index (χ2v) is 1.93. The van der Waals surface area contributed by atoms with E-state index < -0.39 is 0 Å². The summed E-state index contributed by atoms with van der Waals surface area (Å²) in [4.78, 5) is 9.32. The SMILES string of the molecule is O=C=NSCCCl. The smallest absolute Gasteiger partial charge is 0.210 e. The molecule has 0 saturated carbocycles. The van der Waals surface area contributed by atoms with E-state index in [0.29, 0.717) is 11.6 Å². The van der Waals surface area contributed by atoms with Crippen LogP contribution in [-0.2, 0) is 4.79 Å². The van der Waals surface area contributed by atoms with E-state index in [1.807, 2.05) is 0 Å². The highest BCUT2D eigenvalue weighted by Gasteiger charge is 1.77. The summed E-state index contributed by atoms with van der Waals surface area (Å²) in [5, 5.41) is 0. The Labute approximate surface area is 51.1 Å². The number of halogens is 1. The molecule has 0 unspecified atom stereocenters. The van der Waals surface area contributed by atoms with Gasteiger partial charge in [-0.15, -0.1) is 16.0 Å². The first kappa shape index (κ1) is 7.02. The Morgan fingerprint density at radius 3 is 3.00 bits per heavy atom. The predicted octanol–water partition coefficient (Wildman–Crippen LogP) is 1.21. The fourth-order valence-corrected chi connectivity index (χ4v) is 0.527. The molecule has 0 amide bonds. The Kier molecular flexibility index (Phi) is 6.04. The number of rotatable bonds is 3. The Hall–Kier alpha value is 0.0200. The van der Waals surface area contributed by atoms with Crippen LogP contribution in [0.15, 0.2) is 4.40 Å². The van der Waals surface area contributed by atoms with Crippen molar-refractivity contribution in [2.75, 3.05) is 11.6 Å². The molecule has 0 radical (unpaired) electrons. The quantitative estimate of drug-likeness (QED) is 0.192. The first-order valence-corrected chi connectivity index (χ1v) is 3.14. The van der Waals surface area contributed by atoms with Crippen molar-refractivity contribution >= 4 is 29.6 Å². The van der Waals surface area contributed by atoms with Gasteiger partial charge in [-0.25, -0.2) is 4.79 Å². The van der Waals surface area contributed by atoms with Crippen LogP contribution in [0.4, 0.5) is 0 Å². The van der Waals surface area contributed by atoms with Crippen LogP contribution in [0, 0.1) is 0 Å². The van der Waals surface area contributed by atoms with E-state index in [1.165, 1.54) is 6.08 Å². The molecule has 40 valence electrons. The molecule has 0 N–H and O–H groups in total. The second-order valence-electron chi connectivity index (χ2n) is 0.705. The molecule has 7 heavy (non-hydrogen) atoms. The van der Waals surface area contributed by atoms with Gasteiger partial charge < -0.3 is 0 Å². The van der Waals surface area contributed by atoms with E-state index >= 15 is 0 Å². The Morgan fingerprint density at radius 1 is 1.86 bits per heavy atom. The van der Waals surface area contributed by atoms with Crippen LogP contribution in [0.5, 0.6) is 0 Å². The molecule has 0 aromatic rings. The van der Waals surface area contributed by atoms with Crippen molar-refractivity contribution in [2.24, 2.45) is 4.40 Å². The van der Waals surface area contributed by atoms with Gasteiger partial charge in [0.1, 0.15) is 0 Å². The highest BCUT2D eigenvalue weighted by molar-refractivity contribution is 7.98. The lowest BCUT2D eigenvalue weighted by Crippen LogP contribution is -1.71. The van der Waals surface area contributed by atoms with Crippen LogP contribution in [0.3, 0.4) is 0 Å². The number of isocyanates is 1. The van der Waals surface area contributed by atoms with Gasteiger partial charge in [-0.2, -0.15) is 0 Å². The first-order chi connectivity index (χ1) is 3.41. The predicted molar refractivity (Wildman–Crippen MR) is 31.3 cm³/mol. The summed E-state index contributed by atoms with van der Waals surface area (Å²) in [6.45, 7) is 0. The van der Waals surface area contributed by atoms with Crippen molar-refractivity contribution < 1.29 is 4.79 Å². The number of hydrogen-bond donors (Lipinski definition) is 0. The van der Waals surface area contributed by atoms with Crippen LogP contribution < -0.4 is 0 Å². The van der Waals surface area contributed by atoms with E-state index in [9.17, 15) is 4.79 Å². The fourth-order valence-electron chi connectivity index (χ4n) is 0.106.